The van der Waals surface area contributed by atoms with Crippen LogP contribution in [-0.4, -0.2) is 53.9 Å². The summed E-state index contributed by atoms with van der Waals surface area (Å²) in [6.07, 6.45) is 2.07. The van der Waals surface area contributed by atoms with Crippen molar-refractivity contribution < 1.29 is 9.53 Å². The zero-order valence-electron chi connectivity index (χ0n) is 18.3. The van der Waals surface area contributed by atoms with Gasteiger partial charge in [-0.1, -0.05) is 30.3 Å². The number of methoxy groups -OCH3 is 1. The molecule has 1 aliphatic rings. The van der Waals surface area contributed by atoms with Gasteiger partial charge in [0.15, 0.2) is 0 Å². The zero-order chi connectivity index (χ0) is 22.3. The highest BCUT2D eigenvalue weighted by Crippen LogP contribution is 2.16. The first-order valence-corrected chi connectivity index (χ1v) is 11.0. The molecule has 3 aromatic rings. The number of nitrogens with zero attached hydrogens (tertiary/aromatic N) is 4. The zero-order valence-corrected chi connectivity index (χ0v) is 18.3. The van der Waals surface area contributed by atoms with Crippen LogP contribution < -0.4 is 15.2 Å². The van der Waals surface area contributed by atoms with Crippen LogP contribution in [0.4, 0.5) is 5.82 Å². The van der Waals surface area contributed by atoms with Crippen LogP contribution in [0.2, 0.25) is 0 Å². The minimum Gasteiger partial charge on any atom is -0.497 e. The maximum absolute atomic E-state index is 12.8. The lowest BCUT2D eigenvalue weighted by Crippen LogP contribution is -2.36. The Morgan fingerprint density at radius 2 is 1.72 bits per heavy atom. The molecule has 1 saturated heterocycles. The number of amides is 1. The Morgan fingerprint density at radius 1 is 0.938 bits per heavy atom. The predicted molar refractivity (Wildman–Crippen MR) is 125 cm³/mol. The number of aryl methyl sites for hydroxylation is 1. The van der Waals surface area contributed by atoms with Crippen LogP contribution in [0.3, 0.4) is 0 Å². The number of carbonyl (C=O) groups is 1. The van der Waals surface area contributed by atoms with E-state index in [2.05, 4.69) is 10.00 Å². The number of anilines is 1. The quantitative estimate of drug-likeness (QED) is 0.599. The monoisotopic (exact) mass is 432 g/mol. The molecule has 166 valence electrons. The molecule has 4 rings (SSSR count). The van der Waals surface area contributed by atoms with Crippen LogP contribution in [0.5, 0.6) is 5.75 Å². The summed E-state index contributed by atoms with van der Waals surface area (Å²) in [6, 6.07) is 20.6. The van der Waals surface area contributed by atoms with Crippen LogP contribution in [0.15, 0.2) is 71.5 Å². The maximum atomic E-state index is 12.8. The summed E-state index contributed by atoms with van der Waals surface area (Å²) < 4.78 is 6.61. The molecule has 0 radical (unpaired) electrons. The van der Waals surface area contributed by atoms with Gasteiger partial charge in [0.2, 0.25) is 5.91 Å². The second kappa shape index (κ2) is 10.1. The molecule has 1 amide bonds. The van der Waals surface area contributed by atoms with Gasteiger partial charge in [0.05, 0.1) is 12.8 Å². The first-order chi connectivity index (χ1) is 15.6. The van der Waals surface area contributed by atoms with E-state index in [0.29, 0.717) is 25.9 Å². The van der Waals surface area contributed by atoms with E-state index < -0.39 is 0 Å². The highest BCUT2D eigenvalue weighted by molar-refractivity contribution is 5.76. The summed E-state index contributed by atoms with van der Waals surface area (Å²) in [4.78, 5) is 29.2. The number of hydrogen-bond donors (Lipinski definition) is 0. The molecule has 0 bridgehead atoms. The predicted octanol–water partition coefficient (Wildman–Crippen LogP) is 2.91. The van der Waals surface area contributed by atoms with Crippen LogP contribution >= 0.6 is 0 Å². The van der Waals surface area contributed by atoms with Gasteiger partial charge in [-0.3, -0.25) is 9.59 Å². The molecule has 2 aromatic carbocycles. The van der Waals surface area contributed by atoms with E-state index in [-0.39, 0.29) is 11.5 Å². The van der Waals surface area contributed by atoms with Crippen molar-refractivity contribution in [2.75, 3.05) is 38.2 Å². The Kier molecular flexibility index (Phi) is 6.84. The second-order valence-corrected chi connectivity index (χ2v) is 7.85. The Morgan fingerprint density at radius 3 is 2.47 bits per heavy atom. The van der Waals surface area contributed by atoms with Gasteiger partial charge in [-0.25, -0.2) is 0 Å². The minimum atomic E-state index is -0.162. The van der Waals surface area contributed by atoms with Gasteiger partial charge >= 0.3 is 0 Å². The standard InChI is InChI=1S/C25H28N4O3/c1-32-22-11-8-20(9-12-22)10-14-24(30)28-17-5-16-27(18-19-28)23-13-15-25(31)29(26-23)21-6-3-2-4-7-21/h2-4,6-9,11-13,15H,5,10,14,16-19H2,1H3. The van der Waals surface area contributed by atoms with Crippen LogP contribution in [0.1, 0.15) is 18.4 Å². The maximum Gasteiger partial charge on any atom is 0.271 e. The topological polar surface area (TPSA) is 67.7 Å². The molecule has 0 aliphatic carbocycles. The number of ether oxygens (including phenoxy) is 1. The fourth-order valence-electron chi connectivity index (χ4n) is 3.92. The number of benzene rings is 2. The third-order valence-corrected chi connectivity index (χ3v) is 5.75. The first kappa shape index (κ1) is 21.6. The minimum absolute atomic E-state index is 0.162. The molecule has 1 fully saturated rings. The number of aromatic nitrogens is 2. The molecule has 0 saturated carbocycles. The van der Waals surface area contributed by atoms with Crippen LogP contribution in [0, 0.1) is 0 Å². The van der Waals surface area contributed by atoms with Crippen molar-refractivity contribution in [1.82, 2.24) is 14.7 Å². The van der Waals surface area contributed by atoms with E-state index in [0.717, 1.165) is 42.3 Å². The average molecular weight is 433 g/mol. The summed E-state index contributed by atoms with van der Waals surface area (Å²) in [7, 11) is 1.65. The Labute approximate surface area is 187 Å². The number of para-hydroxylation sites is 1. The molecule has 1 aliphatic heterocycles. The summed E-state index contributed by atoms with van der Waals surface area (Å²) in [5.41, 5.74) is 1.71. The number of carbonyl (C=O) groups excluding carboxylic acids is 1. The van der Waals surface area contributed by atoms with Gasteiger partial charge in [0, 0.05) is 38.7 Å². The van der Waals surface area contributed by atoms with Crippen LogP contribution in [-0.2, 0) is 11.2 Å². The molecule has 2 heterocycles. The molecule has 0 atom stereocenters. The Balaban J connectivity index is 1.37. The molecule has 32 heavy (non-hydrogen) atoms. The van der Waals surface area contributed by atoms with E-state index in [1.54, 1.807) is 19.2 Å². The van der Waals surface area contributed by atoms with Gasteiger partial charge in [-0.15, -0.1) is 5.10 Å². The summed E-state index contributed by atoms with van der Waals surface area (Å²) in [6.45, 7) is 2.86. The fraction of sp³-hybridized carbons (Fsp3) is 0.320. The molecular formula is C25H28N4O3. The Bertz CT molecular complexity index is 1100. The summed E-state index contributed by atoms with van der Waals surface area (Å²) >= 11 is 0. The third-order valence-electron chi connectivity index (χ3n) is 5.75. The molecular weight excluding hydrogens is 404 g/mol. The normalized spacial score (nSPS) is 14.2. The van der Waals surface area contributed by atoms with Crippen molar-refractivity contribution in [1.29, 1.82) is 0 Å². The van der Waals surface area contributed by atoms with E-state index in [1.807, 2.05) is 59.5 Å². The molecule has 7 heteroatoms. The van der Waals surface area contributed by atoms with Crippen molar-refractivity contribution in [3.05, 3.63) is 82.6 Å². The lowest BCUT2D eigenvalue weighted by Gasteiger charge is -2.23. The van der Waals surface area contributed by atoms with Crippen molar-refractivity contribution in [2.45, 2.75) is 19.3 Å². The van der Waals surface area contributed by atoms with Crippen molar-refractivity contribution in [3.8, 4) is 11.4 Å². The van der Waals surface area contributed by atoms with E-state index >= 15 is 0 Å². The molecule has 0 N–H and O–H groups in total. The van der Waals surface area contributed by atoms with Crippen molar-refractivity contribution in [2.24, 2.45) is 0 Å². The highest BCUT2D eigenvalue weighted by Gasteiger charge is 2.20. The van der Waals surface area contributed by atoms with E-state index in [1.165, 1.54) is 4.68 Å². The number of rotatable bonds is 6. The van der Waals surface area contributed by atoms with Gasteiger partial charge in [0.25, 0.3) is 5.56 Å². The highest BCUT2D eigenvalue weighted by atomic mass is 16.5. The third kappa shape index (κ3) is 5.17. The average Bonchev–Trinajstić information content (AvgIpc) is 3.10. The first-order valence-electron chi connectivity index (χ1n) is 11.0. The molecule has 0 spiro atoms. The lowest BCUT2D eigenvalue weighted by atomic mass is 10.1. The SMILES string of the molecule is COc1ccc(CCC(=O)N2CCCN(c3ccc(=O)n(-c4ccccc4)n3)CC2)cc1. The summed E-state index contributed by atoms with van der Waals surface area (Å²) in [5.74, 6) is 1.74. The van der Waals surface area contributed by atoms with Gasteiger partial charge < -0.3 is 14.5 Å². The smallest absolute Gasteiger partial charge is 0.271 e. The molecule has 1 aromatic heterocycles. The fourth-order valence-corrected chi connectivity index (χ4v) is 3.92. The van der Waals surface area contributed by atoms with E-state index in [4.69, 9.17) is 4.74 Å². The van der Waals surface area contributed by atoms with Gasteiger partial charge in [0.1, 0.15) is 11.6 Å². The van der Waals surface area contributed by atoms with Crippen molar-refractivity contribution in [3.63, 3.8) is 0 Å². The molecule has 7 nitrogen and oxygen atoms in total. The summed E-state index contributed by atoms with van der Waals surface area (Å²) in [5, 5.41) is 4.58. The largest absolute Gasteiger partial charge is 0.497 e. The van der Waals surface area contributed by atoms with Crippen molar-refractivity contribution >= 4 is 11.7 Å². The Hall–Kier alpha value is -3.61. The number of hydrogen-bond acceptors (Lipinski definition) is 5. The van der Waals surface area contributed by atoms with Crippen LogP contribution in [0.25, 0.3) is 5.69 Å². The van der Waals surface area contributed by atoms with Gasteiger partial charge in [-0.2, -0.15) is 4.68 Å². The van der Waals surface area contributed by atoms with E-state index in [9.17, 15) is 9.59 Å². The lowest BCUT2D eigenvalue weighted by molar-refractivity contribution is -0.130. The second-order valence-electron chi connectivity index (χ2n) is 7.85. The van der Waals surface area contributed by atoms with Gasteiger partial charge in [-0.05, 0) is 48.7 Å². The molecule has 0 unspecified atom stereocenters.